The van der Waals surface area contributed by atoms with Gasteiger partial charge in [-0.1, -0.05) is 30.3 Å². The summed E-state index contributed by atoms with van der Waals surface area (Å²) in [5.41, 5.74) is 1.61. The van der Waals surface area contributed by atoms with Gasteiger partial charge >= 0.3 is 6.18 Å². The number of benzene rings is 1. The average Bonchev–Trinajstić information content (AvgIpc) is 3.31. The fourth-order valence-corrected chi connectivity index (χ4v) is 3.45. The highest BCUT2D eigenvalue weighted by Gasteiger charge is 2.37. The van der Waals surface area contributed by atoms with Crippen LogP contribution in [-0.4, -0.2) is 32.8 Å². The molecule has 2 atom stereocenters. The van der Waals surface area contributed by atoms with Gasteiger partial charge in [0.1, 0.15) is 5.82 Å². The van der Waals surface area contributed by atoms with Gasteiger partial charge in [-0.2, -0.15) is 22.7 Å². The van der Waals surface area contributed by atoms with E-state index in [1.165, 1.54) is 0 Å². The van der Waals surface area contributed by atoms with E-state index < -0.39 is 12.0 Å². The summed E-state index contributed by atoms with van der Waals surface area (Å²) in [5, 5.41) is 7.00. The first-order chi connectivity index (χ1) is 13.4. The lowest BCUT2D eigenvalue weighted by molar-refractivity contribution is -0.144. The van der Waals surface area contributed by atoms with E-state index in [2.05, 4.69) is 20.4 Å². The van der Waals surface area contributed by atoms with Crippen molar-refractivity contribution in [1.29, 1.82) is 0 Å². The van der Waals surface area contributed by atoms with Crippen LogP contribution in [0.1, 0.15) is 36.0 Å². The number of anilines is 1. The number of aromatic nitrogens is 4. The maximum absolute atomic E-state index is 13.1. The van der Waals surface area contributed by atoms with Gasteiger partial charge < -0.3 is 10.1 Å². The minimum absolute atomic E-state index is 0.0779. The summed E-state index contributed by atoms with van der Waals surface area (Å²) in [7, 11) is 0. The first kappa shape index (κ1) is 18.7. The highest BCUT2D eigenvalue weighted by Crippen LogP contribution is 2.31. The monoisotopic (exact) mass is 391 g/mol. The molecule has 148 valence electrons. The summed E-state index contributed by atoms with van der Waals surface area (Å²) < 4.78 is 45.8. The fraction of sp³-hybridized carbons (Fsp3) is 0.421. The van der Waals surface area contributed by atoms with Crippen LogP contribution in [0.5, 0.6) is 0 Å². The molecule has 3 aromatic rings. The molecule has 1 fully saturated rings. The van der Waals surface area contributed by atoms with E-state index in [0.717, 1.165) is 29.5 Å². The van der Waals surface area contributed by atoms with Crippen molar-refractivity contribution in [2.75, 3.05) is 18.5 Å². The number of aryl methyl sites for hydroxylation is 1. The minimum Gasteiger partial charge on any atom is -0.381 e. The predicted molar refractivity (Wildman–Crippen MR) is 96.9 cm³/mol. The number of nitrogens with one attached hydrogen (secondary N) is 1. The second-order valence-electron chi connectivity index (χ2n) is 7.00. The molecule has 9 heteroatoms. The Bertz CT molecular complexity index is 951. The van der Waals surface area contributed by atoms with Crippen molar-refractivity contribution in [3.63, 3.8) is 0 Å². The lowest BCUT2D eigenvalue weighted by atomic mass is 9.94. The smallest absolute Gasteiger partial charge is 0.381 e. The van der Waals surface area contributed by atoms with Crippen LogP contribution < -0.4 is 5.32 Å². The molecular weight excluding hydrogens is 371 g/mol. The number of hydrogen-bond donors (Lipinski definition) is 1. The van der Waals surface area contributed by atoms with Gasteiger partial charge in [0, 0.05) is 25.0 Å². The summed E-state index contributed by atoms with van der Waals surface area (Å²) >= 11 is 0. The zero-order chi connectivity index (χ0) is 19.7. The molecule has 1 N–H and O–H groups in total. The molecule has 1 aliphatic heterocycles. The van der Waals surface area contributed by atoms with Gasteiger partial charge in [0.15, 0.2) is 0 Å². The van der Waals surface area contributed by atoms with E-state index in [1.54, 1.807) is 13.0 Å². The number of halogens is 3. The maximum atomic E-state index is 13.1. The van der Waals surface area contributed by atoms with E-state index in [9.17, 15) is 13.2 Å². The van der Waals surface area contributed by atoms with Crippen LogP contribution >= 0.6 is 0 Å². The van der Waals surface area contributed by atoms with Crippen LogP contribution in [0.25, 0.3) is 5.78 Å². The molecule has 1 aliphatic rings. The van der Waals surface area contributed by atoms with E-state index in [1.807, 2.05) is 30.3 Å². The quantitative estimate of drug-likeness (QED) is 0.711. The van der Waals surface area contributed by atoms with Gasteiger partial charge in [0.25, 0.3) is 11.6 Å². The number of hydrogen-bond acceptors (Lipinski definition) is 5. The van der Waals surface area contributed by atoms with Crippen LogP contribution in [0.3, 0.4) is 0 Å². The Morgan fingerprint density at radius 2 is 2.04 bits per heavy atom. The topological polar surface area (TPSA) is 64.3 Å². The average molecular weight is 391 g/mol. The van der Waals surface area contributed by atoms with Crippen molar-refractivity contribution < 1.29 is 17.9 Å². The first-order valence-electron chi connectivity index (χ1n) is 9.11. The van der Waals surface area contributed by atoms with Crippen molar-refractivity contribution in [3.05, 3.63) is 53.5 Å². The van der Waals surface area contributed by atoms with E-state index in [0.29, 0.717) is 24.0 Å². The van der Waals surface area contributed by atoms with Crippen LogP contribution in [-0.2, 0) is 10.9 Å². The van der Waals surface area contributed by atoms with Crippen LogP contribution in [0.4, 0.5) is 19.0 Å². The van der Waals surface area contributed by atoms with Crippen LogP contribution in [0.2, 0.25) is 0 Å². The standard InChI is InChI=1S/C19H20F3N5O/c1-12-9-16(27-18(23-12)25-17(26-27)19(20,21)22)24-15(10-13-7-8-28-11-13)14-5-3-2-4-6-14/h2-6,9,13,15,24H,7-8,10-11H2,1H3. The normalized spacial score (nSPS) is 18.5. The van der Waals surface area contributed by atoms with Gasteiger partial charge in [-0.15, -0.1) is 5.10 Å². The molecule has 2 aromatic heterocycles. The maximum Gasteiger partial charge on any atom is 0.453 e. The van der Waals surface area contributed by atoms with Crippen molar-refractivity contribution in [2.24, 2.45) is 5.92 Å². The summed E-state index contributed by atoms with van der Waals surface area (Å²) in [4.78, 5) is 7.63. The zero-order valence-electron chi connectivity index (χ0n) is 15.3. The Hall–Kier alpha value is -2.68. The minimum atomic E-state index is -4.63. The van der Waals surface area contributed by atoms with E-state index in [4.69, 9.17) is 4.74 Å². The molecule has 28 heavy (non-hydrogen) atoms. The molecule has 1 saturated heterocycles. The third-order valence-electron chi connectivity index (χ3n) is 4.81. The lowest BCUT2D eigenvalue weighted by Crippen LogP contribution is -2.18. The van der Waals surface area contributed by atoms with Gasteiger partial charge in [0.2, 0.25) is 0 Å². The largest absolute Gasteiger partial charge is 0.453 e. The van der Waals surface area contributed by atoms with Crippen molar-refractivity contribution >= 4 is 11.6 Å². The highest BCUT2D eigenvalue weighted by molar-refractivity contribution is 5.47. The van der Waals surface area contributed by atoms with Crippen molar-refractivity contribution in [3.8, 4) is 0 Å². The Morgan fingerprint density at radius 3 is 2.71 bits per heavy atom. The molecule has 0 aliphatic carbocycles. The second kappa shape index (κ2) is 7.38. The van der Waals surface area contributed by atoms with Crippen LogP contribution in [0.15, 0.2) is 36.4 Å². The first-order valence-corrected chi connectivity index (χ1v) is 9.11. The molecule has 0 radical (unpaired) electrons. The third kappa shape index (κ3) is 3.94. The SMILES string of the molecule is Cc1cc(NC(CC2CCOC2)c2ccccc2)n2nc(C(F)(F)F)nc2n1. The molecule has 4 rings (SSSR count). The third-order valence-corrected chi connectivity index (χ3v) is 4.81. The predicted octanol–water partition coefficient (Wildman–Crippen LogP) is 4.03. The molecule has 6 nitrogen and oxygen atoms in total. The fourth-order valence-electron chi connectivity index (χ4n) is 3.45. The summed E-state index contributed by atoms with van der Waals surface area (Å²) in [6, 6.07) is 11.4. The summed E-state index contributed by atoms with van der Waals surface area (Å²) in [6.45, 7) is 3.15. The summed E-state index contributed by atoms with van der Waals surface area (Å²) in [5.74, 6) is -0.462. The van der Waals surface area contributed by atoms with Crippen molar-refractivity contribution in [1.82, 2.24) is 19.6 Å². The molecule has 1 aromatic carbocycles. The molecule has 0 bridgehead atoms. The number of nitrogens with zero attached hydrogens (tertiary/aromatic N) is 4. The van der Waals surface area contributed by atoms with Gasteiger partial charge in [-0.05, 0) is 31.2 Å². The molecule has 0 saturated carbocycles. The van der Waals surface area contributed by atoms with Crippen LogP contribution in [0, 0.1) is 12.8 Å². The van der Waals surface area contributed by atoms with E-state index in [-0.39, 0.29) is 11.8 Å². The Kier molecular flexibility index (Phi) is 4.92. The molecule has 0 spiro atoms. The van der Waals surface area contributed by atoms with Gasteiger partial charge in [-0.25, -0.2) is 4.98 Å². The Labute approximate surface area is 159 Å². The molecular formula is C19H20F3N5O. The molecule has 3 heterocycles. The molecule has 2 unspecified atom stereocenters. The second-order valence-corrected chi connectivity index (χ2v) is 7.00. The van der Waals surface area contributed by atoms with Gasteiger partial charge in [0.05, 0.1) is 6.04 Å². The van der Waals surface area contributed by atoms with Gasteiger partial charge in [-0.3, -0.25) is 0 Å². The Balaban J connectivity index is 1.71. The zero-order valence-corrected chi connectivity index (χ0v) is 15.3. The summed E-state index contributed by atoms with van der Waals surface area (Å²) in [6.07, 6.45) is -2.86. The number of alkyl halides is 3. The van der Waals surface area contributed by atoms with E-state index >= 15 is 0 Å². The lowest BCUT2D eigenvalue weighted by Gasteiger charge is -2.23. The number of fused-ring (bicyclic) bond motifs is 1. The number of ether oxygens (including phenoxy) is 1. The molecule has 0 amide bonds. The number of rotatable bonds is 5. The Morgan fingerprint density at radius 1 is 1.25 bits per heavy atom. The highest BCUT2D eigenvalue weighted by atomic mass is 19.4. The van der Waals surface area contributed by atoms with Crippen molar-refractivity contribution in [2.45, 2.75) is 32.0 Å².